The van der Waals surface area contributed by atoms with Gasteiger partial charge < -0.3 is 29.4 Å². The fourth-order valence-corrected chi connectivity index (χ4v) is 12.6. The van der Waals surface area contributed by atoms with Crippen molar-refractivity contribution in [2.24, 2.45) is 18.7 Å². The van der Waals surface area contributed by atoms with Crippen LogP contribution in [-0.4, -0.2) is 95.2 Å². The van der Waals surface area contributed by atoms with E-state index in [1.165, 1.54) is 10.8 Å². The number of fused-ring (bicyclic) bond motifs is 2. The quantitative estimate of drug-likeness (QED) is 0.118. The zero-order chi connectivity index (χ0) is 46.4. The molecule has 3 saturated heterocycles. The number of aromatic nitrogens is 4. The average molecular weight is 936 g/mol. The number of carbonyl (C=O) groups excluding carboxylic acids is 1. The van der Waals surface area contributed by atoms with E-state index in [1.807, 2.05) is 26.0 Å². The predicted octanol–water partition coefficient (Wildman–Crippen LogP) is 8.35. The van der Waals surface area contributed by atoms with E-state index in [0.717, 1.165) is 114 Å². The number of nitrogens with two attached hydrogens (primary N) is 1. The van der Waals surface area contributed by atoms with Gasteiger partial charge in [0.2, 0.25) is 5.95 Å². The summed E-state index contributed by atoms with van der Waals surface area (Å²) in [6.45, 7) is 12.6. The van der Waals surface area contributed by atoms with Gasteiger partial charge in [-0.25, -0.2) is 27.2 Å². The molecule has 2 aromatic carbocycles. The fourth-order valence-electron chi connectivity index (χ4n) is 10.4. The van der Waals surface area contributed by atoms with E-state index in [-0.39, 0.29) is 22.6 Å². The Kier molecular flexibility index (Phi) is 12.9. The van der Waals surface area contributed by atoms with Gasteiger partial charge in [-0.1, -0.05) is 43.7 Å². The molecule has 0 bridgehead atoms. The summed E-state index contributed by atoms with van der Waals surface area (Å²) in [7, 11) is -2.44. The van der Waals surface area contributed by atoms with Crippen molar-refractivity contribution in [3.8, 4) is 11.1 Å². The van der Waals surface area contributed by atoms with Gasteiger partial charge in [0.05, 0.1) is 28.1 Å². The second-order valence-electron chi connectivity index (χ2n) is 19.1. The Morgan fingerprint density at radius 3 is 2.42 bits per heavy atom. The molecule has 2 N–H and O–H groups in total. The van der Waals surface area contributed by atoms with E-state index < -0.39 is 32.7 Å². The Bertz CT molecular complexity index is 2870. The maximum atomic E-state index is 14.1. The highest BCUT2D eigenvalue weighted by Crippen LogP contribution is 2.45. The second kappa shape index (κ2) is 18.5. The van der Waals surface area contributed by atoms with Gasteiger partial charge in [0, 0.05) is 79.5 Å². The topological polar surface area (TPSA) is 164 Å². The summed E-state index contributed by atoms with van der Waals surface area (Å²) >= 11 is 1.70. The summed E-state index contributed by atoms with van der Waals surface area (Å²) in [5.74, 6) is 0.930. The van der Waals surface area contributed by atoms with Crippen molar-refractivity contribution in [2.45, 2.75) is 107 Å². The number of benzene rings is 2. The molecule has 6 aromatic rings. The molecule has 3 fully saturated rings. The van der Waals surface area contributed by atoms with Crippen LogP contribution in [0.25, 0.3) is 32.9 Å². The summed E-state index contributed by atoms with van der Waals surface area (Å²) in [6.07, 6.45) is 9.22. The molecule has 0 aliphatic carbocycles. The third kappa shape index (κ3) is 9.02. The summed E-state index contributed by atoms with van der Waals surface area (Å²) in [5, 5.41) is 3.50. The van der Waals surface area contributed by atoms with E-state index in [9.17, 15) is 18.0 Å². The minimum atomic E-state index is -4.09. The average Bonchev–Trinajstić information content (AvgIpc) is 4.02. The number of thiophene rings is 1. The molecule has 3 aliphatic rings. The number of rotatable bonds is 13. The van der Waals surface area contributed by atoms with Crippen LogP contribution in [0.15, 0.2) is 88.1 Å². The lowest BCUT2D eigenvalue weighted by Crippen LogP contribution is -2.52. The largest absolute Gasteiger partial charge is 0.443 e. The summed E-state index contributed by atoms with van der Waals surface area (Å²) in [4.78, 5) is 42.5. The van der Waals surface area contributed by atoms with E-state index in [4.69, 9.17) is 29.9 Å². The van der Waals surface area contributed by atoms with Crippen molar-refractivity contribution in [3.63, 3.8) is 0 Å². The molecule has 4 aromatic heterocycles. The van der Waals surface area contributed by atoms with Crippen LogP contribution in [0.2, 0.25) is 0 Å². The molecule has 0 radical (unpaired) electrons. The van der Waals surface area contributed by atoms with Crippen molar-refractivity contribution in [2.75, 3.05) is 44.3 Å². The number of hydrogen-bond acceptors (Lipinski definition) is 12. The zero-order valence-electron chi connectivity index (χ0n) is 38.6. The molecule has 0 saturated carbocycles. The number of piperidine rings is 2. The number of likely N-dealkylation sites (tertiary alicyclic amines) is 1. The number of pyridine rings is 1. The van der Waals surface area contributed by atoms with Crippen molar-refractivity contribution in [3.05, 3.63) is 105 Å². The standard InChI is InChI=1S/C50H61N7O7S2/c1-33(2)30-50(42-9-8-28-65-42,32-63-43-10-6-7-27-62-43)45-39-29-35(40-31-54(5)46(58)44-38(40)19-24-57(44)66(60,61)37-14-11-34(3)12-15-37)13-16-41(39)52-48(53-45)56-22-17-36(18-23-56)55-25-20-49(4,21-26-55)64-47(51)59/h8-9,11-16,19,24,28-29,31,33,36,43H,6-7,10,17-18,20-23,25-27,30,32H2,1-5H3,(H2,51,59). The minimum Gasteiger partial charge on any atom is -0.443 e. The van der Waals surface area contributed by atoms with Crippen LogP contribution < -0.4 is 16.2 Å². The molecule has 0 spiro atoms. The third-order valence-corrected chi connectivity index (χ3v) is 16.6. The number of hydrogen-bond donors (Lipinski definition) is 1. The van der Waals surface area contributed by atoms with Gasteiger partial charge in [0.1, 0.15) is 11.1 Å². The lowest BCUT2D eigenvalue weighted by Gasteiger charge is -2.44. The molecule has 7 heterocycles. The highest BCUT2D eigenvalue weighted by molar-refractivity contribution is 7.90. The van der Waals surface area contributed by atoms with Crippen molar-refractivity contribution in [1.29, 1.82) is 0 Å². The first-order valence-electron chi connectivity index (χ1n) is 23.2. The molecule has 16 heteroatoms. The monoisotopic (exact) mass is 935 g/mol. The maximum absolute atomic E-state index is 14.1. The van der Waals surface area contributed by atoms with Crippen molar-refractivity contribution in [1.82, 2.24) is 23.4 Å². The Hall–Kier alpha value is -5.13. The number of aryl methyl sites for hydroxylation is 2. The Morgan fingerprint density at radius 1 is 1.00 bits per heavy atom. The van der Waals surface area contributed by atoms with Crippen LogP contribution >= 0.6 is 11.3 Å². The van der Waals surface area contributed by atoms with Crippen LogP contribution in [0, 0.1) is 12.8 Å². The molecule has 2 unspecified atom stereocenters. The lowest BCUT2D eigenvalue weighted by atomic mass is 9.75. The van der Waals surface area contributed by atoms with Gasteiger partial charge in [-0.15, -0.1) is 11.3 Å². The minimum absolute atomic E-state index is 0.0806. The van der Waals surface area contributed by atoms with E-state index in [1.54, 1.807) is 54.9 Å². The van der Waals surface area contributed by atoms with Gasteiger partial charge in [-0.05, 0) is 118 Å². The van der Waals surface area contributed by atoms with Crippen molar-refractivity contribution < 1.29 is 27.4 Å². The van der Waals surface area contributed by atoms with Gasteiger partial charge in [-0.2, -0.15) is 0 Å². The van der Waals surface area contributed by atoms with E-state index >= 15 is 0 Å². The first kappa shape index (κ1) is 46.0. The normalized spacial score (nSPS) is 19.7. The van der Waals surface area contributed by atoms with E-state index in [0.29, 0.717) is 36.2 Å². The first-order chi connectivity index (χ1) is 31.6. The smallest absolute Gasteiger partial charge is 0.405 e. The molecule has 350 valence electrons. The molecule has 2 atom stereocenters. The highest BCUT2D eigenvalue weighted by atomic mass is 32.2. The number of anilines is 1. The lowest BCUT2D eigenvalue weighted by molar-refractivity contribution is -0.170. The fraction of sp³-hybridized carbons (Fsp3) is 0.480. The van der Waals surface area contributed by atoms with Gasteiger partial charge >= 0.3 is 6.09 Å². The van der Waals surface area contributed by atoms with Crippen LogP contribution in [0.3, 0.4) is 0 Å². The second-order valence-corrected chi connectivity index (χ2v) is 21.9. The van der Waals surface area contributed by atoms with Crippen LogP contribution in [0.5, 0.6) is 0 Å². The van der Waals surface area contributed by atoms with Crippen molar-refractivity contribution >= 4 is 55.2 Å². The van der Waals surface area contributed by atoms with E-state index in [2.05, 4.69) is 47.2 Å². The Labute approximate surface area is 390 Å². The van der Waals surface area contributed by atoms with Crippen LogP contribution in [-0.2, 0) is 36.7 Å². The number of ether oxygens (including phenoxy) is 3. The number of primary amides is 1. The SMILES string of the molecule is Cc1ccc(S(=O)(=O)n2ccc3c(-c4ccc5nc(N6CCC(N7CCC(C)(OC(N)=O)CC7)CC6)nc(C(COC6CCCCO6)(CC(C)C)c6cccs6)c5c4)cn(C)c(=O)c32)cc1. The summed E-state index contributed by atoms with van der Waals surface area (Å²) in [6, 6.07) is 19.2. The number of carbonyl (C=O) groups is 1. The number of amides is 1. The van der Waals surface area contributed by atoms with Gasteiger partial charge in [0.25, 0.3) is 15.6 Å². The van der Waals surface area contributed by atoms with Crippen LogP contribution in [0.1, 0.15) is 88.3 Å². The molecule has 14 nitrogen and oxygen atoms in total. The summed E-state index contributed by atoms with van der Waals surface area (Å²) < 4.78 is 49.3. The molecule has 3 aliphatic heterocycles. The maximum Gasteiger partial charge on any atom is 0.405 e. The third-order valence-electron chi connectivity index (χ3n) is 13.9. The predicted molar refractivity (Wildman–Crippen MR) is 259 cm³/mol. The molecular formula is C50H61N7O7S2. The highest BCUT2D eigenvalue weighted by Gasteiger charge is 2.42. The first-order valence-corrected chi connectivity index (χ1v) is 25.6. The number of nitrogens with zero attached hydrogens (tertiary/aromatic N) is 6. The Balaban J connectivity index is 1.15. The Morgan fingerprint density at radius 2 is 1.76 bits per heavy atom. The summed E-state index contributed by atoms with van der Waals surface area (Å²) in [5.41, 5.74) is 7.92. The molecular weight excluding hydrogens is 875 g/mol. The van der Waals surface area contributed by atoms with Gasteiger partial charge in [0.15, 0.2) is 6.29 Å². The van der Waals surface area contributed by atoms with Crippen LogP contribution in [0.4, 0.5) is 10.7 Å². The van der Waals surface area contributed by atoms with Gasteiger partial charge in [-0.3, -0.25) is 9.69 Å². The zero-order valence-corrected chi connectivity index (χ0v) is 40.2. The molecule has 9 rings (SSSR count). The molecule has 1 amide bonds. The molecule has 66 heavy (non-hydrogen) atoms.